The number of benzene rings is 1. The molecule has 0 aliphatic carbocycles. The molecule has 17 heavy (non-hydrogen) atoms. The average molecular weight is 234 g/mol. The number of carbonyl (C=O) groups excluding carboxylic acids is 1. The molecule has 1 atom stereocenters. The minimum Gasteiger partial charge on any atom is -0.331 e. The average Bonchev–Trinajstić information content (AvgIpc) is 2.38. The van der Waals surface area contributed by atoms with Gasteiger partial charge >= 0.3 is 6.03 Å². The SMILES string of the molecule is CCC(NC(=O)N(CC)CC)c1ccccc1. The summed E-state index contributed by atoms with van der Waals surface area (Å²) in [4.78, 5) is 13.8. The second-order valence-corrected chi connectivity index (χ2v) is 3.99. The van der Waals surface area contributed by atoms with Crippen molar-refractivity contribution in [3.63, 3.8) is 0 Å². The highest BCUT2D eigenvalue weighted by Gasteiger charge is 2.15. The van der Waals surface area contributed by atoms with Crippen LogP contribution in [0.3, 0.4) is 0 Å². The zero-order chi connectivity index (χ0) is 12.7. The first-order valence-corrected chi connectivity index (χ1v) is 6.33. The third-order valence-electron chi connectivity index (χ3n) is 2.96. The molecule has 0 radical (unpaired) electrons. The Balaban J connectivity index is 2.68. The van der Waals surface area contributed by atoms with E-state index in [0.717, 1.165) is 25.1 Å². The van der Waals surface area contributed by atoms with Crippen molar-refractivity contribution in [1.29, 1.82) is 0 Å². The van der Waals surface area contributed by atoms with Gasteiger partial charge < -0.3 is 10.2 Å². The van der Waals surface area contributed by atoms with Gasteiger partial charge in [-0.2, -0.15) is 0 Å². The Morgan fingerprint density at radius 1 is 1.18 bits per heavy atom. The lowest BCUT2D eigenvalue weighted by molar-refractivity contribution is 0.198. The Morgan fingerprint density at radius 3 is 2.24 bits per heavy atom. The molecule has 2 amide bonds. The molecule has 94 valence electrons. The molecular formula is C14H22N2O. The molecule has 0 heterocycles. The molecule has 0 aromatic heterocycles. The Hall–Kier alpha value is -1.51. The minimum atomic E-state index is 0.0192. The lowest BCUT2D eigenvalue weighted by atomic mass is 10.1. The van der Waals surface area contributed by atoms with Gasteiger partial charge in [0, 0.05) is 13.1 Å². The highest BCUT2D eigenvalue weighted by atomic mass is 16.2. The topological polar surface area (TPSA) is 32.3 Å². The van der Waals surface area contributed by atoms with Gasteiger partial charge in [-0.25, -0.2) is 4.79 Å². The summed E-state index contributed by atoms with van der Waals surface area (Å²) in [5.41, 5.74) is 1.16. The van der Waals surface area contributed by atoms with Crippen LogP contribution >= 0.6 is 0 Å². The molecule has 1 aromatic rings. The smallest absolute Gasteiger partial charge is 0.317 e. The fraction of sp³-hybridized carbons (Fsp3) is 0.500. The number of hydrogen-bond acceptors (Lipinski definition) is 1. The minimum absolute atomic E-state index is 0.0192. The Labute approximate surface area is 104 Å². The summed E-state index contributed by atoms with van der Waals surface area (Å²) < 4.78 is 0. The van der Waals surface area contributed by atoms with Crippen LogP contribution in [-0.2, 0) is 0 Å². The molecule has 0 spiro atoms. The molecule has 0 saturated heterocycles. The van der Waals surface area contributed by atoms with Gasteiger partial charge in [-0.1, -0.05) is 37.3 Å². The summed E-state index contributed by atoms with van der Waals surface area (Å²) in [5, 5.41) is 3.07. The van der Waals surface area contributed by atoms with Crippen molar-refractivity contribution in [3.05, 3.63) is 35.9 Å². The predicted molar refractivity (Wildman–Crippen MR) is 70.9 cm³/mol. The van der Waals surface area contributed by atoms with E-state index in [0.29, 0.717) is 0 Å². The lowest BCUT2D eigenvalue weighted by Crippen LogP contribution is -2.41. The number of rotatable bonds is 5. The highest BCUT2D eigenvalue weighted by Crippen LogP contribution is 2.16. The monoisotopic (exact) mass is 234 g/mol. The van der Waals surface area contributed by atoms with Crippen LogP contribution in [0.4, 0.5) is 4.79 Å². The van der Waals surface area contributed by atoms with Gasteiger partial charge in [0.25, 0.3) is 0 Å². The van der Waals surface area contributed by atoms with Gasteiger partial charge in [0.05, 0.1) is 6.04 Å². The van der Waals surface area contributed by atoms with E-state index in [1.807, 2.05) is 32.0 Å². The van der Waals surface area contributed by atoms with Crippen molar-refractivity contribution >= 4 is 6.03 Å². The van der Waals surface area contributed by atoms with Crippen molar-refractivity contribution in [1.82, 2.24) is 10.2 Å². The molecule has 1 N–H and O–H groups in total. The summed E-state index contributed by atoms with van der Waals surface area (Å²) in [6.45, 7) is 7.56. The number of nitrogens with zero attached hydrogens (tertiary/aromatic N) is 1. The fourth-order valence-electron chi connectivity index (χ4n) is 1.86. The first-order valence-electron chi connectivity index (χ1n) is 6.33. The lowest BCUT2D eigenvalue weighted by Gasteiger charge is -2.24. The maximum Gasteiger partial charge on any atom is 0.317 e. The van der Waals surface area contributed by atoms with E-state index in [4.69, 9.17) is 0 Å². The summed E-state index contributed by atoms with van der Waals surface area (Å²) in [6, 6.07) is 10.2. The standard InChI is InChI=1S/C14H22N2O/c1-4-13(12-10-8-7-9-11-12)15-14(17)16(5-2)6-3/h7-11,13H,4-6H2,1-3H3,(H,15,17). The van der Waals surface area contributed by atoms with E-state index in [1.165, 1.54) is 0 Å². The zero-order valence-corrected chi connectivity index (χ0v) is 10.9. The van der Waals surface area contributed by atoms with E-state index in [2.05, 4.69) is 24.4 Å². The molecule has 3 nitrogen and oxygen atoms in total. The molecule has 1 rings (SSSR count). The van der Waals surface area contributed by atoms with Crippen LogP contribution in [0.5, 0.6) is 0 Å². The third kappa shape index (κ3) is 3.77. The molecule has 0 aliphatic heterocycles. The Kier molecular flexibility index (Phi) is 5.53. The molecule has 3 heteroatoms. The fourth-order valence-corrected chi connectivity index (χ4v) is 1.86. The second kappa shape index (κ2) is 6.94. The van der Waals surface area contributed by atoms with E-state index in [1.54, 1.807) is 4.90 Å². The van der Waals surface area contributed by atoms with Gasteiger partial charge in [0.2, 0.25) is 0 Å². The van der Waals surface area contributed by atoms with E-state index in [-0.39, 0.29) is 12.1 Å². The van der Waals surface area contributed by atoms with Crippen molar-refractivity contribution in [3.8, 4) is 0 Å². The molecule has 0 fully saturated rings. The molecule has 1 unspecified atom stereocenters. The van der Waals surface area contributed by atoms with Crippen LogP contribution in [0, 0.1) is 0 Å². The van der Waals surface area contributed by atoms with Crippen molar-refractivity contribution < 1.29 is 4.79 Å². The predicted octanol–water partition coefficient (Wildman–Crippen LogP) is 3.19. The van der Waals surface area contributed by atoms with Crippen LogP contribution in [-0.4, -0.2) is 24.0 Å². The van der Waals surface area contributed by atoms with Gasteiger partial charge in [0.15, 0.2) is 0 Å². The van der Waals surface area contributed by atoms with Crippen molar-refractivity contribution in [2.24, 2.45) is 0 Å². The summed E-state index contributed by atoms with van der Waals surface area (Å²) in [7, 11) is 0. The maximum absolute atomic E-state index is 12.0. The molecule has 0 bridgehead atoms. The molecule has 0 saturated carbocycles. The number of nitrogens with one attached hydrogen (secondary N) is 1. The summed E-state index contributed by atoms with van der Waals surface area (Å²) in [5.74, 6) is 0. The summed E-state index contributed by atoms with van der Waals surface area (Å²) >= 11 is 0. The van der Waals surface area contributed by atoms with E-state index < -0.39 is 0 Å². The largest absolute Gasteiger partial charge is 0.331 e. The highest BCUT2D eigenvalue weighted by molar-refractivity contribution is 5.74. The first-order chi connectivity index (χ1) is 8.22. The van der Waals surface area contributed by atoms with E-state index in [9.17, 15) is 4.79 Å². The van der Waals surface area contributed by atoms with Crippen LogP contribution in [0.15, 0.2) is 30.3 Å². The molecular weight excluding hydrogens is 212 g/mol. The number of carbonyl (C=O) groups is 1. The number of amides is 2. The Bertz CT molecular complexity index is 333. The summed E-state index contributed by atoms with van der Waals surface area (Å²) in [6.07, 6.45) is 0.900. The Morgan fingerprint density at radius 2 is 1.76 bits per heavy atom. The first kappa shape index (κ1) is 13.6. The van der Waals surface area contributed by atoms with Crippen LogP contribution in [0.1, 0.15) is 38.8 Å². The molecule has 1 aromatic carbocycles. The van der Waals surface area contributed by atoms with Crippen LogP contribution in [0.25, 0.3) is 0 Å². The van der Waals surface area contributed by atoms with Crippen LogP contribution in [0.2, 0.25) is 0 Å². The van der Waals surface area contributed by atoms with Gasteiger partial charge in [-0.05, 0) is 25.8 Å². The van der Waals surface area contributed by atoms with Gasteiger partial charge in [-0.3, -0.25) is 0 Å². The third-order valence-corrected chi connectivity index (χ3v) is 2.96. The number of urea groups is 1. The van der Waals surface area contributed by atoms with Crippen LogP contribution < -0.4 is 5.32 Å². The van der Waals surface area contributed by atoms with Crippen molar-refractivity contribution in [2.45, 2.75) is 33.2 Å². The maximum atomic E-state index is 12.0. The van der Waals surface area contributed by atoms with Gasteiger partial charge in [0.1, 0.15) is 0 Å². The van der Waals surface area contributed by atoms with Gasteiger partial charge in [-0.15, -0.1) is 0 Å². The van der Waals surface area contributed by atoms with Crippen molar-refractivity contribution in [2.75, 3.05) is 13.1 Å². The number of hydrogen-bond donors (Lipinski definition) is 1. The quantitative estimate of drug-likeness (QED) is 0.833. The molecule has 0 aliphatic rings. The second-order valence-electron chi connectivity index (χ2n) is 3.99. The normalized spacial score (nSPS) is 11.9. The zero-order valence-electron chi connectivity index (χ0n) is 10.9. The van der Waals surface area contributed by atoms with E-state index >= 15 is 0 Å².